The number of thioether (sulfide) groups is 1. The molecule has 140 valence electrons. The van der Waals surface area contributed by atoms with Crippen LogP contribution < -0.4 is 5.32 Å². The van der Waals surface area contributed by atoms with E-state index in [1.807, 2.05) is 69.3 Å². The van der Waals surface area contributed by atoms with E-state index in [4.69, 9.17) is 0 Å². The number of amides is 2. The normalized spacial score (nSPS) is 18.2. The number of carbonyl (C=O) groups excluding carboxylic acids is 2. The second-order valence-electron chi connectivity index (χ2n) is 6.47. The Labute approximate surface area is 163 Å². The predicted molar refractivity (Wildman–Crippen MR) is 111 cm³/mol. The fourth-order valence-corrected chi connectivity index (χ4v) is 4.05. The van der Waals surface area contributed by atoms with Gasteiger partial charge in [-0.1, -0.05) is 36.0 Å². The molecule has 0 saturated carbocycles. The van der Waals surface area contributed by atoms with Crippen LogP contribution in [0, 0.1) is 13.8 Å². The number of aryl methyl sites for hydroxylation is 2. The molecule has 1 aliphatic heterocycles. The molecule has 0 radical (unpaired) electrons. The monoisotopic (exact) mass is 381 g/mol. The fraction of sp³-hybridized carbons (Fsp3) is 0.286. The minimum Gasteiger partial charge on any atom is -0.326 e. The van der Waals surface area contributed by atoms with Crippen molar-refractivity contribution < 1.29 is 9.59 Å². The number of amidine groups is 1. The minimum absolute atomic E-state index is 0.0626. The number of anilines is 1. The molecule has 0 aliphatic carbocycles. The third-order valence-electron chi connectivity index (χ3n) is 4.48. The molecule has 1 heterocycles. The topological polar surface area (TPSA) is 61.8 Å². The van der Waals surface area contributed by atoms with Crippen LogP contribution in [-0.4, -0.2) is 33.7 Å². The van der Waals surface area contributed by atoms with Crippen LogP contribution in [0.25, 0.3) is 0 Å². The smallest absolute Gasteiger partial charge is 0.242 e. The summed E-state index contributed by atoms with van der Waals surface area (Å²) in [6.45, 7) is 6.48. The van der Waals surface area contributed by atoms with Crippen LogP contribution in [0.3, 0.4) is 0 Å². The second kappa shape index (κ2) is 8.39. The lowest BCUT2D eigenvalue weighted by molar-refractivity contribution is -0.128. The maximum atomic E-state index is 12.7. The van der Waals surface area contributed by atoms with Gasteiger partial charge in [0.2, 0.25) is 11.8 Å². The Morgan fingerprint density at radius 1 is 1.15 bits per heavy atom. The van der Waals surface area contributed by atoms with Crippen molar-refractivity contribution in [2.24, 2.45) is 4.99 Å². The van der Waals surface area contributed by atoms with Crippen molar-refractivity contribution in [1.29, 1.82) is 0 Å². The fourth-order valence-electron chi connectivity index (χ4n) is 2.83. The average Bonchev–Trinajstić information content (AvgIpc) is 2.93. The van der Waals surface area contributed by atoms with Gasteiger partial charge in [-0.05, 0) is 56.2 Å². The van der Waals surface area contributed by atoms with Crippen molar-refractivity contribution in [2.75, 3.05) is 11.9 Å². The average molecular weight is 382 g/mol. The standard InChI is InChI=1S/C21H23N3O2S/c1-4-24-20(26)18(27-21(24)23-16-8-6-5-7-9-16)13-19(25)22-17-11-10-14(2)15(3)12-17/h5-12,18H,4,13H2,1-3H3,(H,22,25). The quantitative estimate of drug-likeness (QED) is 0.841. The molecule has 0 bridgehead atoms. The largest absolute Gasteiger partial charge is 0.326 e. The maximum absolute atomic E-state index is 12.7. The summed E-state index contributed by atoms with van der Waals surface area (Å²) in [7, 11) is 0. The van der Waals surface area contributed by atoms with Crippen molar-refractivity contribution in [3.8, 4) is 0 Å². The Hall–Kier alpha value is -2.60. The van der Waals surface area contributed by atoms with E-state index in [0.29, 0.717) is 11.7 Å². The van der Waals surface area contributed by atoms with Crippen molar-refractivity contribution in [2.45, 2.75) is 32.4 Å². The number of para-hydroxylation sites is 1. The molecule has 1 atom stereocenters. The molecule has 1 saturated heterocycles. The summed E-state index contributed by atoms with van der Waals surface area (Å²) in [6.07, 6.45) is 0.126. The van der Waals surface area contributed by atoms with Crippen molar-refractivity contribution >= 4 is 40.1 Å². The molecule has 5 nitrogen and oxygen atoms in total. The van der Waals surface area contributed by atoms with Gasteiger partial charge in [0.25, 0.3) is 0 Å². The van der Waals surface area contributed by atoms with Gasteiger partial charge in [0.1, 0.15) is 5.25 Å². The lowest BCUT2D eigenvalue weighted by atomic mass is 10.1. The number of nitrogens with zero attached hydrogens (tertiary/aromatic N) is 2. The highest BCUT2D eigenvalue weighted by molar-refractivity contribution is 8.15. The van der Waals surface area contributed by atoms with Gasteiger partial charge >= 0.3 is 0 Å². The van der Waals surface area contributed by atoms with E-state index in [1.165, 1.54) is 17.3 Å². The number of aliphatic imine (C=N–C) groups is 1. The summed E-state index contributed by atoms with van der Waals surface area (Å²) < 4.78 is 0. The van der Waals surface area contributed by atoms with E-state index in [1.54, 1.807) is 4.90 Å². The number of benzene rings is 2. The van der Waals surface area contributed by atoms with Gasteiger partial charge in [0, 0.05) is 18.7 Å². The van der Waals surface area contributed by atoms with Gasteiger partial charge in [-0.15, -0.1) is 0 Å². The van der Waals surface area contributed by atoms with E-state index >= 15 is 0 Å². The SMILES string of the molecule is CCN1C(=O)C(CC(=O)Nc2ccc(C)c(C)c2)SC1=Nc1ccccc1. The van der Waals surface area contributed by atoms with Gasteiger partial charge < -0.3 is 5.32 Å². The van der Waals surface area contributed by atoms with Crippen LogP contribution in [-0.2, 0) is 9.59 Å². The third kappa shape index (κ3) is 4.57. The number of carbonyl (C=O) groups is 2. The zero-order valence-electron chi connectivity index (χ0n) is 15.7. The van der Waals surface area contributed by atoms with E-state index in [0.717, 1.165) is 16.9 Å². The molecule has 2 aromatic rings. The molecule has 1 N–H and O–H groups in total. The van der Waals surface area contributed by atoms with Gasteiger partial charge in [0.15, 0.2) is 5.17 Å². The first-order valence-corrected chi connectivity index (χ1v) is 9.84. The molecule has 1 aliphatic rings. The van der Waals surface area contributed by atoms with E-state index in [-0.39, 0.29) is 18.2 Å². The molecule has 2 amide bonds. The number of hydrogen-bond donors (Lipinski definition) is 1. The number of rotatable bonds is 5. The number of nitrogens with one attached hydrogen (secondary N) is 1. The van der Waals surface area contributed by atoms with Crippen LogP contribution in [0.4, 0.5) is 11.4 Å². The second-order valence-corrected chi connectivity index (χ2v) is 7.64. The highest BCUT2D eigenvalue weighted by Gasteiger charge is 2.38. The summed E-state index contributed by atoms with van der Waals surface area (Å²) >= 11 is 1.36. The van der Waals surface area contributed by atoms with Crippen molar-refractivity contribution in [1.82, 2.24) is 4.90 Å². The van der Waals surface area contributed by atoms with Crippen molar-refractivity contribution in [3.05, 3.63) is 59.7 Å². The Balaban J connectivity index is 1.69. The number of hydrogen-bond acceptors (Lipinski definition) is 4. The molecule has 0 spiro atoms. The summed E-state index contributed by atoms with van der Waals surface area (Å²) in [6, 6.07) is 15.3. The molecule has 2 aromatic carbocycles. The van der Waals surface area contributed by atoms with Crippen LogP contribution in [0.2, 0.25) is 0 Å². The highest BCUT2D eigenvalue weighted by atomic mass is 32.2. The van der Waals surface area contributed by atoms with Crippen LogP contribution in [0.5, 0.6) is 0 Å². The van der Waals surface area contributed by atoms with E-state index < -0.39 is 5.25 Å². The van der Waals surface area contributed by atoms with Crippen LogP contribution >= 0.6 is 11.8 Å². The van der Waals surface area contributed by atoms with E-state index in [2.05, 4.69) is 10.3 Å². The summed E-state index contributed by atoms with van der Waals surface area (Å²) in [5.41, 5.74) is 3.85. The van der Waals surface area contributed by atoms with Gasteiger partial charge in [-0.25, -0.2) is 4.99 Å². The minimum atomic E-state index is -0.445. The van der Waals surface area contributed by atoms with Gasteiger partial charge in [-0.3, -0.25) is 14.5 Å². The first-order valence-electron chi connectivity index (χ1n) is 8.97. The Kier molecular flexibility index (Phi) is 5.96. The Morgan fingerprint density at radius 3 is 2.56 bits per heavy atom. The lowest BCUT2D eigenvalue weighted by Gasteiger charge is -2.13. The van der Waals surface area contributed by atoms with Crippen LogP contribution in [0.1, 0.15) is 24.5 Å². The molecule has 1 fully saturated rings. The zero-order chi connectivity index (χ0) is 19.4. The summed E-state index contributed by atoms with van der Waals surface area (Å²) in [5.74, 6) is -0.228. The maximum Gasteiger partial charge on any atom is 0.242 e. The molecule has 27 heavy (non-hydrogen) atoms. The van der Waals surface area contributed by atoms with Crippen molar-refractivity contribution in [3.63, 3.8) is 0 Å². The summed E-state index contributed by atoms with van der Waals surface area (Å²) in [5, 5.41) is 3.10. The van der Waals surface area contributed by atoms with Gasteiger partial charge in [0.05, 0.1) is 5.69 Å². The molecule has 1 unspecified atom stereocenters. The van der Waals surface area contributed by atoms with E-state index in [9.17, 15) is 9.59 Å². The zero-order valence-corrected chi connectivity index (χ0v) is 16.5. The molecule has 6 heteroatoms. The summed E-state index contributed by atoms with van der Waals surface area (Å²) in [4.78, 5) is 31.3. The molecular formula is C21H23N3O2S. The highest BCUT2D eigenvalue weighted by Crippen LogP contribution is 2.31. The van der Waals surface area contributed by atoms with Gasteiger partial charge in [-0.2, -0.15) is 0 Å². The Bertz CT molecular complexity index is 880. The predicted octanol–water partition coefficient (Wildman–Crippen LogP) is 4.28. The third-order valence-corrected chi connectivity index (χ3v) is 5.65. The first-order chi connectivity index (χ1) is 13.0. The lowest BCUT2D eigenvalue weighted by Crippen LogP contribution is -2.33. The molecular weight excluding hydrogens is 358 g/mol. The molecule has 3 rings (SSSR count). The first kappa shape index (κ1) is 19.2. The van der Waals surface area contributed by atoms with Crippen LogP contribution in [0.15, 0.2) is 53.5 Å². The molecule has 0 aromatic heterocycles. The Morgan fingerprint density at radius 2 is 1.89 bits per heavy atom.